The minimum absolute atomic E-state index is 0.679. The van der Waals surface area contributed by atoms with E-state index >= 15 is 0 Å². The van der Waals surface area contributed by atoms with Crippen molar-refractivity contribution in [2.75, 3.05) is 7.11 Å². The van der Waals surface area contributed by atoms with Crippen molar-refractivity contribution in [1.29, 1.82) is 0 Å². The normalized spacial score (nSPS) is 11.0. The van der Waals surface area contributed by atoms with Crippen molar-refractivity contribution in [1.82, 2.24) is 10.5 Å². The van der Waals surface area contributed by atoms with Crippen molar-refractivity contribution in [3.63, 3.8) is 0 Å². The fraction of sp³-hybridized carbons (Fsp3) is 0.200. The molecule has 0 saturated heterocycles. The molecule has 0 aliphatic heterocycles. The first kappa shape index (κ1) is 9.52. The van der Waals surface area contributed by atoms with Gasteiger partial charge in [-0.1, -0.05) is 17.7 Å². The number of hydrogen-bond acceptors (Lipinski definition) is 2. The largest absolute Gasteiger partial charge is 0.361 e. The molecule has 0 radical (unpaired) electrons. The molecule has 74 valence electrons. The average Bonchev–Trinajstić information content (AvgIpc) is 2.57. The van der Waals surface area contributed by atoms with Crippen LogP contribution in [0.2, 0.25) is 5.02 Å². The van der Waals surface area contributed by atoms with Gasteiger partial charge in [-0.05, 0) is 17.7 Å². The first-order valence-corrected chi connectivity index (χ1v) is 4.70. The molecule has 0 fully saturated rings. The van der Waals surface area contributed by atoms with Crippen molar-refractivity contribution in [2.45, 2.75) is 6.54 Å². The first-order chi connectivity index (χ1) is 6.81. The Bertz CT molecular complexity index is 439. The maximum Gasteiger partial charge on any atom is 0.0572 e. The van der Waals surface area contributed by atoms with Gasteiger partial charge in [0.2, 0.25) is 0 Å². The minimum Gasteiger partial charge on any atom is -0.361 e. The van der Waals surface area contributed by atoms with E-state index in [9.17, 15) is 0 Å². The van der Waals surface area contributed by atoms with Gasteiger partial charge in [0, 0.05) is 28.7 Å². The average molecular weight is 211 g/mol. The highest BCUT2D eigenvalue weighted by Gasteiger charge is 2.02. The van der Waals surface area contributed by atoms with Crippen molar-refractivity contribution in [3.8, 4) is 0 Å². The van der Waals surface area contributed by atoms with Gasteiger partial charge in [-0.2, -0.15) is 5.48 Å². The maximum absolute atomic E-state index is 5.87. The summed E-state index contributed by atoms with van der Waals surface area (Å²) in [7, 11) is 1.60. The number of aromatic amines is 1. The van der Waals surface area contributed by atoms with Crippen molar-refractivity contribution in [3.05, 3.63) is 35.0 Å². The number of H-pyrrole nitrogens is 1. The Morgan fingerprint density at radius 2 is 2.36 bits per heavy atom. The number of aromatic nitrogens is 1. The van der Waals surface area contributed by atoms with E-state index in [0.717, 1.165) is 10.5 Å². The Balaban J connectivity index is 2.37. The molecule has 4 heteroatoms. The Morgan fingerprint density at radius 1 is 1.50 bits per heavy atom. The summed E-state index contributed by atoms with van der Waals surface area (Å²) in [6.07, 6.45) is 1.95. The van der Waals surface area contributed by atoms with Crippen LogP contribution in [0.1, 0.15) is 5.56 Å². The third-order valence-corrected chi connectivity index (χ3v) is 2.37. The van der Waals surface area contributed by atoms with Gasteiger partial charge in [0.15, 0.2) is 0 Å². The first-order valence-electron chi connectivity index (χ1n) is 4.32. The molecule has 2 N–H and O–H groups in total. The molecule has 0 atom stereocenters. The van der Waals surface area contributed by atoms with Crippen LogP contribution in [-0.4, -0.2) is 12.1 Å². The summed E-state index contributed by atoms with van der Waals surface area (Å²) in [5, 5.41) is 1.91. The third-order valence-electron chi connectivity index (χ3n) is 2.14. The number of benzene rings is 1. The van der Waals surface area contributed by atoms with Crippen LogP contribution in [0.3, 0.4) is 0 Å². The van der Waals surface area contributed by atoms with E-state index in [4.69, 9.17) is 16.4 Å². The molecule has 0 bridgehead atoms. The van der Waals surface area contributed by atoms with Gasteiger partial charge in [-0.25, -0.2) is 0 Å². The molecule has 3 nitrogen and oxygen atoms in total. The predicted octanol–water partition coefficient (Wildman–Crippen LogP) is 2.47. The lowest BCUT2D eigenvalue weighted by Crippen LogP contribution is -2.10. The summed E-state index contributed by atoms with van der Waals surface area (Å²) in [5.41, 5.74) is 5.02. The molecule has 2 aromatic rings. The van der Waals surface area contributed by atoms with Gasteiger partial charge in [0.1, 0.15) is 0 Å². The molecule has 0 spiro atoms. The summed E-state index contributed by atoms with van der Waals surface area (Å²) >= 11 is 5.87. The van der Waals surface area contributed by atoms with Crippen LogP contribution in [-0.2, 0) is 11.4 Å². The summed E-state index contributed by atoms with van der Waals surface area (Å²) in [5.74, 6) is 0. The second-order valence-electron chi connectivity index (χ2n) is 3.03. The molecule has 1 aromatic heterocycles. The molecule has 0 amide bonds. The molecule has 0 saturated carbocycles. The van der Waals surface area contributed by atoms with Gasteiger partial charge >= 0.3 is 0 Å². The van der Waals surface area contributed by atoms with Crippen molar-refractivity contribution in [2.24, 2.45) is 0 Å². The molecule has 0 aliphatic rings. The molecule has 0 unspecified atom stereocenters. The van der Waals surface area contributed by atoms with Gasteiger partial charge in [-0.15, -0.1) is 0 Å². The second-order valence-corrected chi connectivity index (χ2v) is 3.47. The lowest BCUT2D eigenvalue weighted by molar-refractivity contribution is 0.0870. The zero-order valence-corrected chi connectivity index (χ0v) is 8.56. The van der Waals surface area contributed by atoms with E-state index in [1.54, 1.807) is 7.11 Å². The molecular weight excluding hydrogens is 200 g/mol. The second kappa shape index (κ2) is 4.00. The minimum atomic E-state index is 0.679. The van der Waals surface area contributed by atoms with Crippen LogP contribution in [0.5, 0.6) is 0 Å². The van der Waals surface area contributed by atoms with E-state index in [1.165, 1.54) is 10.9 Å². The highest BCUT2D eigenvalue weighted by Crippen LogP contribution is 2.21. The fourth-order valence-corrected chi connectivity index (χ4v) is 1.63. The van der Waals surface area contributed by atoms with Crippen LogP contribution in [0.15, 0.2) is 24.4 Å². The lowest BCUT2D eigenvalue weighted by atomic mass is 10.2. The van der Waals surface area contributed by atoms with E-state index in [1.807, 2.05) is 24.4 Å². The molecule has 2 rings (SSSR count). The number of hydrogen-bond donors (Lipinski definition) is 2. The monoisotopic (exact) mass is 210 g/mol. The smallest absolute Gasteiger partial charge is 0.0572 e. The highest BCUT2D eigenvalue weighted by molar-refractivity contribution is 6.31. The Kier molecular flexibility index (Phi) is 2.72. The van der Waals surface area contributed by atoms with Gasteiger partial charge in [0.05, 0.1) is 7.11 Å². The summed E-state index contributed by atoms with van der Waals surface area (Å²) in [6.45, 7) is 0.679. The van der Waals surface area contributed by atoms with Crippen LogP contribution in [0, 0.1) is 0 Å². The van der Waals surface area contributed by atoms with Gasteiger partial charge in [0.25, 0.3) is 0 Å². The zero-order chi connectivity index (χ0) is 9.97. The molecule has 1 aromatic carbocycles. The zero-order valence-electron chi connectivity index (χ0n) is 7.80. The summed E-state index contributed by atoms with van der Waals surface area (Å²) in [4.78, 5) is 7.96. The van der Waals surface area contributed by atoms with Crippen LogP contribution >= 0.6 is 11.6 Å². The molecule has 1 heterocycles. The lowest BCUT2D eigenvalue weighted by Gasteiger charge is -1.99. The number of rotatable bonds is 3. The maximum atomic E-state index is 5.87. The molecular formula is C10H11ClN2O. The standard InChI is InChI=1S/C10H11ClN2O/c1-14-13-6-7-5-12-10-4-8(11)2-3-9(7)10/h2-5,12-13H,6H2,1H3. The van der Waals surface area contributed by atoms with Gasteiger partial charge in [-0.3, -0.25) is 0 Å². The fourth-order valence-electron chi connectivity index (χ4n) is 1.45. The van der Waals surface area contributed by atoms with E-state index in [0.29, 0.717) is 6.54 Å². The SMILES string of the molecule is CONCc1c[nH]c2cc(Cl)ccc12. The van der Waals surface area contributed by atoms with Crippen LogP contribution in [0.4, 0.5) is 0 Å². The third kappa shape index (κ3) is 1.75. The number of nitrogens with one attached hydrogen (secondary N) is 2. The van der Waals surface area contributed by atoms with Gasteiger partial charge < -0.3 is 9.82 Å². The topological polar surface area (TPSA) is 37.0 Å². The summed E-state index contributed by atoms with van der Waals surface area (Å²) < 4.78 is 0. The van der Waals surface area contributed by atoms with Crippen molar-refractivity contribution >= 4 is 22.5 Å². The number of hydroxylamine groups is 1. The Hall–Kier alpha value is -1.03. The Labute approximate surface area is 87.0 Å². The van der Waals surface area contributed by atoms with E-state index in [2.05, 4.69) is 10.5 Å². The number of fused-ring (bicyclic) bond motifs is 1. The Morgan fingerprint density at radius 3 is 3.14 bits per heavy atom. The number of halogens is 1. The van der Waals surface area contributed by atoms with Crippen LogP contribution < -0.4 is 5.48 Å². The van der Waals surface area contributed by atoms with Crippen molar-refractivity contribution < 1.29 is 4.84 Å². The van der Waals surface area contributed by atoms with E-state index in [-0.39, 0.29) is 0 Å². The predicted molar refractivity (Wildman–Crippen MR) is 57.2 cm³/mol. The molecule has 14 heavy (non-hydrogen) atoms. The molecule has 0 aliphatic carbocycles. The van der Waals surface area contributed by atoms with Crippen LogP contribution in [0.25, 0.3) is 10.9 Å². The highest BCUT2D eigenvalue weighted by atomic mass is 35.5. The summed E-state index contributed by atoms with van der Waals surface area (Å²) in [6, 6.07) is 5.79. The van der Waals surface area contributed by atoms with E-state index < -0.39 is 0 Å². The quantitative estimate of drug-likeness (QED) is 0.764.